The lowest BCUT2D eigenvalue weighted by Crippen LogP contribution is -2.45. The monoisotopic (exact) mass is 364 g/mol. The van der Waals surface area contributed by atoms with Crippen molar-refractivity contribution in [1.29, 1.82) is 0 Å². The molecule has 0 radical (unpaired) electrons. The molecule has 0 unspecified atom stereocenters. The summed E-state index contributed by atoms with van der Waals surface area (Å²) in [6.45, 7) is 1.52. The van der Waals surface area contributed by atoms with E-state index in [0.717, 1.165) is 6.07 Å². The van der Waals surface area contributed by atoms with Crippen LogP contribution in [-0.4, -0.2) is 24.4 Å². The highest BCUT2D eigenvalue weighted by molar-refractivity contribution is 9.10. The smallest absolute Gasteiger partial charge is 0.434 e. The van der Waals surface area contributed by atoms with E-state index in [1.54, 1.807) is 0 Å². The van der Waals surface area contributed by atoms with E-state index < -0.39 is 30.0 Å². The minimum atomic E-state index is -5.73. The van der Waals surface area contributed by atoms with E-state index in [2.05, 4.69) is 20.7 Å². The van der Waals surface area contributed by atoms with Gasteiger partial charge in [0.25, 0.3) is 6.10 Å². The molecule has 0 spiro atoms. The molecule has 1 aromatic rings. The molecule has 20 heavy (non-hydrogen) atoms. The molecular weight excluding hydrogens is 358 g/mol. The van der Waals surface area contributed by atoms with E-state index in [9.17, 15) is 31.1 Å². The Labute approximate surface area is 117 Å². The SMILES string of the molecule is Cc1cccc(C(=O)OC(C(F)(F)F)C(F)(F)F)c1Br. The van der Waals surface area contributed by atoms with E-state index in [1.165, 1.54) is 19.1 Å². The van der Waals surface area contributed by atoms with Gasteiger partial charge < -0.3 is 4.74 Å². The topological polar surface area (TPSA) is 26.3 Å². The van der Waals surface area contributed by atoms with Crippen LogP contribution in [0.1, 0.15) is 15.9 Å². The molecular formula is C11H7BrF6O2. The van der Waals surface area contributed by atoms with E-state index in [0.29, 0.717) is 5.56 Å². The molecule has 112 valence electrons. The number of hydrogen-bond acceptors (Lipinski definition) is 2. The van der Waals surface area contributed by atoms with Crippen LogP contribution in [-0.2, 0) is 4.74 Å². The average Bonchev–Trinajstić information content (AvgIpc) is 2.26. The summed E-state index contributed by atoms with van der Waals surface area (Å²) >= 11 is 2.91. The van der Waals surface area contributed by atoms with Gasteiger partial charge in [-0.15, -0.1) is 0 Å². The molecule has 2 nitrogen and oxygen atoms in total. The number of halogens is 7. The molecule has 1 aromatic carbocycles. The Balaban J connectivity index is 3.07. The van der Waals surface area contributed by atoms with Gasteiger partial charge in [-0.3, -0.25) is 0 Å². The Bertz CT molecular complexity index is 495. The molecule has 0 amide bonds. The van der Waals surface area contributed by atoms with Crippen LogP contribution < -0.4 is 0 Å². The van der Waals surface area contributed by atoms with Gasteiger partial charge in [-0.25, -0.2) is 4.79 Å². The second-order valence-electron chi connectivity index (χ2n) is 3.81. The average molecular weight is 365 g/mol. The molecule has 0 fully saturated rings. The lowest BCUT2D eigenvalue weighted by atomic mass is 10.1. The Morgan fingerprint density at radius 3 is 2.10 bits per heavy atom. The lowest BCUT2D eigenvalue weighted by molar-refractivity contribution is -0.307. The van der Waals surface area contributed by atoms with Crippen LogP contribution >= 0.6 is 15.9 Å². The minimum Gasteiger partial charge on any atom is -0.439 e. The van der Waals surface area contributed by atoms with Gasteiger partial charge in [-0.1, -0.05) is 12.1 Å². The van der Waals surface area contributed by atoms with Crippen LogP contribution in [0.15, 0.2) is 22.7 Å². The molecule has 0 bridgehead atoms. The molecule has 0 aliphatic carbocycles. The van der Waals surface area contributed by atoms with Crippen LogP contribution in [0.2, 0.25) is 0 Å². The van der Waals surface area contributed by atoms with Gasteiger partial charge in [0.2, 0.25) is 0 Å². The van der Waals surface area contributed by atoms with Crippen LogP contribution in [0.4, 0.5) is 26.3 Å². The third-order valence-electron chi connectivity index (χ3n) is 2.23. The summed E-state index contributed by atoms with van der Waals surface area (Å²) in [5.41, 5.74) is 0.0542. The normalized spacial score (nSPS) is 12.7. The number of aryl methyl sites for hydroxylation is 1. The summed E-state index contributed by atoms with van der Waals surface area (Å²) in [5, 5.41) is 0. The second-order valence-corrected chi connectivity index (χ2v) is 4.60. The summed E-state index contributed by atoms with van der Waals surface area (Å²) in [7, 11) is 0. The van der Waals surface area contributed by atoms with Crippen molar-refractivity contribution in [3.8, 4) is 0 Å². The third-order valence-corrected chi connectivity index (χ3v) is 3.28. The maximum Gasteiger partial charge on any atom is 0.434 e. The maximum atomic E-state index is 12.3. The first-order chi connectivity index (χ1) is 8.94. The standard InChI is InChI=1S/C11H7BrF6O2/c1-5-3-2-4-6(7(5)12)8(19)20-9(10(13,14)15)11(16,17)18/h2-4,9H,1H3. The minimum absolute atomic E-state index is 0.0769. The van der Waals surface area contributed by atoms with Gasteiger partial charge in [0.1, 0.15) is 0 Å². The van der Waals surface area contributed by atoms with Gasteiger partial charge in [0.05, 0.1) is 5.56 Å². The van der Waals surface area contributed by atoms with Crippen molar-refractivity contribution in [3.05, 3.63) is 33.8 Å². The van der Waals surface area contributed by atoms with Crippen molar-refractivity contribution in [2.75, 3.05) is 0 Å². The van der Waals surface area contributed by atoms with Crippen LogP contribution in [0.25, 0.3) is 0 Å². The first kappa shape index (κ1) is 16.8. The highest BCUT2D eigenvalue weighted by Crippen LogP contribution is 2.36. The maximum absolute atomic E-state index is 12.3. The van der Waals surface area contributed by atoms with Gasteiger partial charge in [-0.2, -0.15) is 26.3 Å². The molecule has 0 N–H and O–H groups in total. The highest BCUT2D eigenvalue weighted by atomic mass is 79.9. The number of alkyl halides is 6. The molecule has 0 aliphatic rings. The summed E-state index contributed by atoms with van der Waals surface area (Å²) in [4.78, 5) is 11.5. The van der Waals surface area contributed by atoms with Crippen molar-refractivity contribution in [3.63, 3.8) is 0 Å². The first-order valence-corrected chi connectivity index (χ1v) is 5.83. The van der Waals surface area contributed by atoms with E-state index in [1.807, 2.05) is 0 Å². The van der Waals surface area contributed by atoms with E-state index >= 15 is 0 Å². The molecule has 0 aliphatic heterocycles. The molecule has 1 rings (SSSR count). The number of benzene rings is 1. The molecule has 9 heteroatoms. The van der Waals surface area contributed by atoms with E-state index in [4.69, 9.17) is 0 Å². The number of carbonyl (C=O) groups excluding carboxylic acids is 1. The van der Waals surface area contributed by atoms with Crippen molar-refractivity contribution in [1.82, 2.24) is 0 Å². The summed E-state index contributed by atoms with van der Waals surface area (Å²) in [5.74, 6) is -1.71. The first-order valence-electron chi connectivity index (χ1n) is 5.04. The molecule has 0 saturated carbocycles. The molecule has 0 atom stereocenters. The fraction of sp³-hybridized carbons (Fsp3) is 0.364. The number of carbonyl (C=O) groups is 1. The summed E-state index contributed by atoms with van der Waals surface area (Å²) < 4.78 is 77.2. The van der Waals surface area contributed by atoms with Crippen LogP contribution in [0, 0.1) is 6.92 Å². The van der Waals surface area contributed by atoms with Crippen LogP contribution in [0.5, 0.6) is 0 Å². The van der Waals surface area contributed by atoms with Crippen molar-refractivity contribution in [2.24, 2.45) is 0 Å². The largest absolute Gasteiger partial charge is 0.439 e. The Morgan fingerprint density at radius 1 is 1.15 bits per heavy atom. The molecule has 0 saturated heterocycles. The quantitative estimate of drug-likeness (QED) is 0.574. The number of hydrogen-bond donors (Lipinski definition) is 0. The zero-order chi connectivity index (χ0) is 15.7. The zero-order valence-electron chi connectivity index (χ0n) is 9.77. The van der Waals surface area contributed by atoms with Gasteiger partial charge >= 0.3 is 18.3 Å². The number of rotatable bonds is 2. The molecule has 0 heterocycles. The van der Waals surface area contributed by atoms with Crippen molar-refractivity contribution >= 4 is 21.9 Å². The Kier molecular flexibility index (Phi) is 4.73. The van der Waals surface area contributed by atoms with E-state index in [-0.39, 0.29) is 4.47 Å². The third kappa shape index (κ3) is 3.87. The number of ether oxygens (including phenoxy) is 1. The Hall–Kier alpha value is -1.25. The number of esters is 1. The second kappa shape index (κ2) is 5.63. The summed E-state index contributed by atoms with van der Waals surface area (Å²) in [6, 6.07) is 3.89. The van der Waals surface area contributed by atoms with Crippen LogP contribution in [0.3, 0.4) is 0 Å². The summed E-state index contributed by atoms with van der Waals surface area (Å²) in [6.07, 6.45) is -15.6. The van der Waals surface area contributed by atoms with Crippen molar-refractivity contribution in [2.45, 2.75) is 25.4 Å². The Morgan fingerprint density at radius 2 is 1.65 bits per heavy atom. The highest BCUT2D eigenvalue weighted by Gasteiger charge is 2.60. The van der Waals surface area contributed by atoms with Crippen molar-refractivity contribution < 1.29 is 35.9 Å². The van der Waals surface area contributed by atoms with Gasteiger partial charge in [-0.05, 0) is 34.5 Å². The lowest BCUT2D eigenvalue weighted by Gasteiger charge is -2.23. The zero-order valence-corrected chi connectivity index (χ0v) is 11.4. The molecule has 0 aromatic heterocycles. The van der Waals surface area contributed by atoms with Gasteiger partial charge in [0, 0.05) is 4.47 Å². The van der Waals surface area contributed by atoms with Gasteiger partial charge in [0.15, 0.2) is 0 Å². The predicted octanol–water partition coefficient (Wildman–Crippen LogP) is 4.41. The fourth-order valence-corrected chi connectivity index (χ4v) is 1.72. The fourth-order valence-electron chi connectivity index (χ4n) is 1.29. The predicted molar refractivity (Wildman–Crippen MR) is 60.2 cm³/mol.